The van der Waals surface area contributed by atoms with Crippen LogP contribution in [0.2, 0.25) is 0 Å². The van der Waals surface area contributed by atoms with Gasteiger partial charge in [0.1, 0.15) is 11.6 Å². The quantitative estimate of drug-likeness (QED) is 0.283. The van der Waals surface area contributed by atoms with Gasteiger partial charge in [0.15, 0.2) is 17.3 Å². The van der Waals surface area contributed by atoms with Gasteiger partial charge in [0.05, 0.1) is 30.5 Å². The van der Waals surface area contributed by atoms with Crippen LogP contribution >= 0.6 is 0 Å². The lowest BCUT2D eigenvalue weighted by Crippen LogP contribution is -2.34. The first-order valence-electron chi connectivity index (χ1n) is 13.6. The third-order valence-electron chi connectivity index (χ3n) is 7.71. The third kappa shape index (κ3) is 5.60. The van der Waals surface area contributed by atoms with E-state index in [1.165, 1.54) is 12.1 Å². The second-order valence-electron chi connectivity index (χ2n) is 10.7. The summed E-state index contributed by atoms with van der Waals surface area (Å²) in [6.07, 6.45) is 7.80. The number of likely N-dealkylation sites (tertiary alicyclic amines) is 1. The molecule has 1 unspecified atom stereocenters. The van der Waals surface area contributed by atoms with E-state index in [1.807, 2.05) is 35.9 Å². The van der Waals surface area contributed by atoms with Crippen LogP contribution in [0.5, 0.6) is 11.5 Å². The highest BCUT2D eigenvalue weighted by Crippen LogP contribution is 2.49. The molecular formula is C31H31FN4O5. The van der Waals surface area contributed by atoms with Crippen LogP contribution in [0.3, 0.4) is 0 Å². The van der Waals surface area contributed by atoms with Crippen molar-refractivity contribution in [3.63, 3.8) is 0 Å². The summed E-state index contributed by atoms with van der Waals surface area (Å²) in [6.45, 7) is 6.35. The van der Waals surface area contributed by atoms with E-state index >= 15 is 0 Å². The number of halogens is 1. The first kappa shape index (κ1) is 26.8. The number of ether oxygens (including phenoxy) is 2. The number of hydrogen-bond acceptors (Lipinski definition) is 7. The number of carbonyl (C=O) groups is 1. The molecule has 0 spiro atoms. The maximum Gasteiger partial charge on any atom is 0.328 e. The smallest absolute Gasteiger partial charge is 0.328 e. The monoisotopic (exact) mass is 558 g/mol. The fourth-order valence-corrected chi connectivity index (χ4v) is 5.64. The highest BCUT2D eigenvalue weighted by Gasteiger charge is 2.42. The number of carboxylic acids is 1. The van der Waals surface area contributed by atoms with Crippen LogP contribution in [-0.4, -0.2) is 43.8 Å². The predicted molar refractivity (Wildman–Crippen MR) is 148 cm³/mol. The lowest BCUT2D eigenvalue weighted by Gasteiger charge is -2.32. The Morgan fingerprint density at radius 2 is 2.00 bits per heavy atom. The first-order valence-corrected chi connectivity index (χ1v) is 13.6. The van der Waals surface area contributed by atoms with Crippen molar-refractivity contribution in [2.24, 2.45) is 0 Å². The summed E-state index contributed by atoms with van der Waals surface area (Å²) < 4.78 is 34.6. The van der Waals surface area contributed by atoms with Gasteiger partial charge in [0.2, 0.25) is 0 Å². The number of imidazole rings is 1. The van der Waals surface area contributed by atoms with Crippen LogP contribution in [0.25, 0.3) is 6.08 Å². The van der Waals surface area contributed by atoms with Gasteiger partial charge in [-0.2, -0.15) is 0 Å². The van der Waals surface area contributed by atoms with Gasteiger partial charge >= 0.3 is 5.97 Å². The van der Waals surface area contributed by atoms with Gasteiger partial charge in [-0.25, -0.2) is 14.2 Å². The standard InChI is InChI=1S/C31H31FN4O5/c1-20-6-8-25(26(32)16-20)31(2)39-27-5-3-4-24(30(27)40-31)21-11-14-35(15-12-21)19-28-34-22(7-9-29(37)38)17-36(28)18-23-10-13-33-41-23/h3-10,13,16-17,21H,11-12,14-15,18-19H2,1-2H3,(H,37,38)/b9-7+. The van der Waals surface area contributed by atoms with Crippen LogP contribution in [0, 0.1) is 12.7 Å². The van der Waals surface area contributed by atoms with Gasteiger partial charge in [-0.3, -0.25) is 4.90 Å². The van der Waals surface area contributed by atoms with Crippen molar-refractivity contribution < 1.29 is 28.3 Å². The number of carboxylic acid groups (broad SMARTS) is 1. The summed E-state index contributed by atoms with van der Waals surface area (Å²) in [7, 11) is 0. The number of hydrogen-bond donors (Lipinski definition) is 1. The van der Waals surface area contributed by atoms with Crippen molar-refractivity contribution in [1.29, 1.82) is 0 Å². The fraction of sp³-hybridized carbons (Fsp3) is 0.323. The largest absolute Gasteiger partial charge is 0.478 e. The Morgan fingerprint density at radius 3 is 2.73 bits per heavy atom. The Kier molecular flexibility index (Phi) is 7.08. The molecule has 4 aromatic rings. The fourth-order valence-electron chi connectivity index (χ4n) is 5.64. The van der Waals surface area contributed by atoms with Crippen molar-refractivity contribution >= 4 is 12.0 Å². The highest BCUT2D eigenvalue weighted by atomic mass is 19.1. The average molecular weight is 559 g/mol. The number of benzene rings is 2. The second-order valence-corrected chi connectivity index (χ2v) is 10.7. The Hall–Kier alpha value is -4.44. The van der Waals surface area contributed by atoms with Gasteiger partial charge < -0.3 is 23.7 Å². The van der Waals surface area contributed by atoms with Crippen molar-refractivity contribution in [3.8, 4) is 11.5 Å². The molecule has 2 aliphatic heterocycles. The van der Waals surface area contributed by atoms with Gasteiger partial charge in [-0.1, -0.05) is 23.4 Å². The molecule has 212 valence electrons. The van der Waals surface area contributed by atoms with Gasteiger partial charge in [-0.15, -0.1) is 0 Å². The molecule has 1 saturated heterocycles. The SMILES string of the molecule is Cc1ccc(C2(C)Oc3cccc(C4CCN(Cc5nc(/C=C/C(=O)O)cn5Cc5ccno5)CC4)c3O2)c(F)c1. The van der Waals surface area contributed by atoms with Crippen LogP contribution in [-0.2, 0) is 23.7 Å². The van der Waals surface area contributed by atoms with E-state index in [2.05, 4.69) is 21.1 Å². The molecule has 1 atom stereocenters. The summed E-state index contributed by atoms with van der Waals surface area (Å²) >= 11 is 0. The molecule has 1 fully saturated rings. The number of rotatable bonds is 8. The molecule has 10 heteroatoms. The van der Waals surface area contributed by atoms with Crippen molar-refractivity contribution in [2.45, 2.75) is 51.5 Å². The summed E-state index contributed by atoms with van der Waals surface area (Å²) in [5, 5.41) is 12.8. The Balaban J connectivity index is 1.15. The molecule has 0 saturated carbocycles. The molecule has 2 aliphatic rings. The maximum atomic E-state index is 14.9. The van der Waals surface area contributed by atoms with E-state index in [4.69, 9.17) is 19.1 Å². The van der Waals surface area contributed by atoms with E-state index in [9.17, 15) is 9.18 Å². The van der Waals surface area contributed by atoms with E-state index in [-0.39, 0.29) is 11.7 Å². The molecule has 0 radical (unpaired) electrons. The minimum Gasteiger partial charge on any atom is -0.478 e. The summed E-state index contributed by atoms with van der Waals surface area (Å²) in [5.74, 6) is 0.479. The Labute approximate surface area is 236 Å². The predicted octanol–water partition coefficient (Wildman–Crippen LogP) is 5.49. The number of fused-ring (bicyclic) bond motifs is 1. The molecule has 2 aromatic heterocycles. The molecule has 6 rings (SSSR count). The number of aliphatic carboxylic acids is 1. The molecule has 0 amide bonds. The zero-order valence-electron chi connectivity index (χ0n) is 22.9. The van der Waals surface area contributed by atoms with E-state index in [1.54, 1.807) is 25.3 Å². The molecule has 9 nitrogen and oxygen atoms in total. The molecule has 4 heterocycles. The zero-order valence-corrected chi connectivity index (χ0v) is 22.9. The first-order chi connectivity index (χ1) is 19.8. The maximum absolute atomic E-state index is 14.9. The number of nitrogens with zero attached hydrogens (tertiary/aromatic N) is 4. The molecule has 0 bridgehead atoms. The van der Waals surface area contributed by atoms with Gasteiger partial charge in [-0.05, 0) is 68.6 Å². The number of para-hydroxylation sites is 1. The normalized spacial score (nSPS) is 19.3. The summed E-state index contributed by atoms with van der Waals surface area (Å²) in [6, 6.07) is 12.8. The van der Waals surface area contributed by atoms with Crippen molar-refractivity contribution in [1.82, 2.24) is 19.6 Å². The van der Waals surface area contributed by atoms with Gasteiger partial charge in [0, 0.05) is 30.8 Å². The van der Waals surface area contributed by atoms with Crippen LogP contribution in [0.4, 0.5) is 4.39 Å². The van der Waals surface area contributed by atoms with Crippen LogP contribution < -0.4 is 9.47 Å². The topological polar surface area (TPSA) is 103 Å². The van der Waals surface area contributed by atoms with Crippen LogP contribution in [0.15, 0.2) is 65.5 Å². The Bertz CT molecular complexity index is 1590. The Morgan fingerprint density at radius 1 is 1.17 bits per heavy atom. The van der Waals surface area contributed by atoms with Gasteiger partial charge in [0.25, 0.3) is 5.79 Å². The third-order valence-corrected chi connectivity index (χ3v) is 7.71. The lowest BCUT2D eigenvalue weighted by molar-refractivity contribution is -0.131. The van der Waals surface area contributed by atoms with E-state index in [0.717, 1.165) is 49.0 Å². The molecular weight excluding hydrogens is 527 g/mol. The molecule has 0 aliphatic carbocycles. The van der Waals surface area contributed by atoms with Crippen LogP contribution in [0.1, 0.15) is 59.7 Å². The second kappa shape index (κ2) is 10.9. The van der Waals surface area contributed by atoms with Crippen molar-refractivity contribution in [2.75, 3.05) is 13.1 Å². The lowest BCUT2D eigenvalue weighted by atomic mass is 9.88. The number of aromatic nitrogens is 3. The van der Waals surface area contributed by atoms with Crippen molar-refractivity contribution in [3.05, 3.63) is 101 Å². The molecule has 1 N–H and O–H groups in total. The summed E-state index contributed by atoms with van der Waals surface area (Å²) in [5.41, 5.74) is 2.86. The van der Waals surface area contributed by atoms with E-state index in [0.29, 0.717) is 41.6 Å². The minimum atomic E-state index is -1.23. The number of aryl methyl sites for hydroxylation is 1. The highest BCUT2D eigenvalue weighted by molar-refractivity contribution is 5.84. The number of piperidine rings is 1. The molecule has 41 heavy (non-hydrogen) atoms. The van der Waals surface area contributed by atoms with E-state index < -0.39 is 11.8 Å². The minimum absolute atomic E-state index is 0.262. The molecule has 2 aromatic carbocycles. The average Bonchev–Trinajstić information content (AvgIpc) is 3.67. The summed E-state index contributed by atoms with van der Waals surface area (Å²) in [4.78, 5) is 18.0. The zero-order chi connectivity index (χ0) is 28.6.